The van der Waals surface area contributed by atoms with Gasteiger partial charge in [-0.25, -0.2) is 19.4 Å². The van der Waals surface area contributed by atoms with E-state index in [0.717, 1.165) is 0 Å². The number of aromatic nitrogens is 4. The van der Waals surface area contributed by atoms with Crippen LogP contribution >= 0.6 is 0 Å². The Labute approximate surface area is 117 Å². The zero-order valence-corrected chi connectivity index (χ0v) is 10.6. The van der Waals surface area contributed by atoms with Gasteiger partial charge in [0.05, 0.1) is 5.52 Å². The molecule has 0 atom stereocenters. The summed E-state index contributed by atoms with van der Waals surface area (Å²) in [6.45, 7) is 0. The summed E-state index contributed by atoms with van der Waals surface area (Å²) < 4.78 is 1.30. The number of hydrogen-bond acceptors (Lipinski definition) is 5. The molecule has 0 saturated carbocycles. The third-order valence-corrected chi connectivity index (χ3v) is 2.83. The molecule has 0 aliphatic carbocycles. The summed E-state index contributed by atoms with van der Waals surface area (Å²) in [4.78, 5) is 30.2. The van der Waals surface area contributed by atoms with Crippen molar-refractivity contribution < 1.29 is 14.7 Å². The van der Waals surface area contributed by atoms with E-state index < -0.39 is 11.9 Å². The lowest BCUT2D eigenvalue weighted by Gasteiger charge is -2.06. The van der Waals surface area contributed by atoms with Gasteiger partial charge < -0.3 is 10.8 Å². The zero-order chi connectivity index (χ0) is 15.0. The van der Waals surface area contributed by atoms with E-state index in [1.165, 1.54) is 16.9 Å². The lowest BCUT2D eigenvalue weighted by Crippen LogP contribution is -2.13. The number of nitrogens with two attached hydrogens (primary N) is 1. The van der Waals surface area contributed by atoms with Crippen molar-refractivity contribution in [1.82, 2.24) is 19.7 Å². The van der Waals surface area contributed by atoms with Crippen LogP contribution in [0.15, 0.2) is 36.5 Å². The van der Waals surface area contributed by atoms with Gasteiger partial charge in [-0.3, -0.25) is 4.79 Å². The van der Waals surface area contributed by atoms with Crippen molar-refractivity contribution in [3.05, 3.63) is 48.0 Å². The number of primary amides is 1. The highest BCUT2D eigenvalue weighted by Gasteiger charge is 2.15. The predicted octanol–water partition coefficient (Wildman–Crippen LogP) is 0.613. The Hall–Kier alpha value is -3.29. The first-order valence-corrected chi connectivity index (χ1v) is 5.92. The molecule has 0 aliphatic heterocycles. The Balaban J connectivity index is 2.28. The van der Waals surface area contributed by atoms with Crippen molar-refractivity contribution in [3.8, 4) is 5.82 Å². The van der Waals surface area contributed by atoms with E-state index in [9.17, 15) is 9.59 Å². The SMILES string of the molecule is NC(=O)c1ccn(-c2nc(C(=O)O)nc3ccccc23)n1. The van der Waals surface area contributed by atoms with Gasteiger partial charge in [-0.05, 0) is 18.2 Å². The second kappa shape index (κ2) is 4.67. The van der Waals surface area contributed by atoms with E-state index in [0.29, 0.717) is 10.9 Å². The molecule has 0 spiro atoms. The maximum Gasteiger partial charge on any atom is 0.374 e. The standard InChI is InChI=1S/C13H9N5O3/c14-10(19)9-5-6-18(17-9)12-7-3-1-2-4-8(7)15-11(16-12)13(20)21/h1-6H,(H2,14,19)(H,20,21). The molecule has 1 amide bonds. The minimum absolute atomic E-state index is 0.0644. The summed E-state index contributed by atoms with van der Waals surface area (Å²) in [7, 11) is 0. The van der Waals surface area contributed by atoms with Gasteiger partial charge in [-0.1, -0.05) is 12.1 Å². The van der Waals surface area contributed by atoms with Crippen molar-refractivity contribution in [2.45, 2.75) is 0 Å². The molecule has 0 fully saturated rings. The summed E-state index contributed by atoms with van der Waals surface area (Å²) >= 11 is 0. The summed E-state index contributed by atoms with van der Waals surface area (Å²) in [5.74, 6) is -2.00. The van der Waals surface area contributed by atoms with E-state index in [2.05, 4.69) is 15.1 Å². The van der Waals surface area contributed by atoms with E-state index in [1.54, 1.807) is 24.3 Å². The average Bonchev–Trinajstić information content (AvgIpc) is 2.96. The maximum atomic E-state index is 11.1. The third-order valence-electron chi connectivity index (χ3n) is 2.83. The minimum atomic E-state index is -1.25. The molecule has 21 heavy (non-hydrogen) atoms. The largest absolute Gasteiger partial charge is 0.475 e. The number of carbonyl (C=O) groups is 2. The summed E-state index contributed by atoms with van der Waals surface area (Å²) in [5.41, 5.74) is 5.69. The second-order valence-electron chi connectivity index (χ2n) is 4.20. The molecule has 3 aromatic rings. The van der Waals surface area contributed by atoms with E-state index in [-0.39, 0.29) is 17.3 Å². The van der Waals surface area contributed by atoms with Gasteiger partial charge in [0, 0.05) is 11.6 Å². The van der Waals surface area contributed by atoms with E-state index >= 15 is 0 Å². The predicted molar refractivity (Wildman–Crippen MR) is 72.1 cm³/mol. The molecular formula is C13H9N5O3. The van der Waals surface area contributed by atoms with Gasteiger partial charge in [0.1, 0.15) is 5.69 Å². The van der Waals surface area contributed by atoms with Crippen LogP contribution in [-0.4, -0.2) is 36.7 Å². The molecule has 0 radical (unpaired) electrons. The van der Waals surface area contributed by atoms with Crippen LogP contribution in [-0.2, 0) is 0 Å². The van der Waals surface area contributed by atoms with Crippen molar-refractivity contribution in [1.29, 1.82) is 0 Å². The Morgan fingerprint density at radius 2 is 1.90 bits per heavy atom. The fourth-order valence-electron chi connectivity index (χ4n) is 1.90. The van der Waals surface area contributed by atoms with Crippen LogP contribution in [0.3, 0.4) is 0 Å². The van der Waals surface area contributed by atoms with Gasteiger partial charge in [0.15, 0.2) is 5.82 Å². The first kappa shape index (κ1) is 12.7. The van der Waals surface area contributed by atoms with E-state index in [1.807, 2.05) is 0 Å². The fraction of sp³-hybridized carbons (Fsp3) is 0. The molecule has 8 heteroatoms. The summed E-state index contributed by atoms with van der Waals surface area (Å²) in [6.07, 6.45) is 1.49. The fourth-order valence-corrected chi connectivity index (χ4v) is 1.90. The van der Waals surface area contributed by atoms with Crippen LogP contribution in [0.5, 0.6) is 0 Å². The molecule has 104 valence electrons. The van der Waals surface area contributed by atoms with E-state index in [4.69, 9.17) is 10.8 Å². The number of fused-ring (bicyclic) bond motifs is 1. The van der Waals surface area contributed by atoms with Crippen molar-refractivity contribution in [3.63, 3.8) is 0 Å². The van der Waals surface area contributed by atoms with Crippen LogP contribution < -0.4 is 5.73 Å². The number of carboxylic acid groups (broad SMARTS) is 1. The Kier molecular flexibility index (Phi) is 2.83. The highest BCUT2D eigenvalue weighted by Crippen LogP contribution is 2.19. The third kappa shape index (κ3) is 2.18. The number of aromatic carboxylic acids is 1. The minimum Gasteiger partial charge on any atom is -0.475 e. The number of nitrogens with zero attached hydrogens (tertiary/aromatic N) is 4. The smallest absolute Gasteiger partial charge is 0.374 e. The van der Waals surface area contributed by atoms with Crippen molar-refractivity contribution in [2.24, 2.45) is 5.73 Å². The molecule has 1 aromatic carbocycles. The molecule has 0 unspecified atom stereocenters. The molecule has 0 bridgehead atoms. The monoisotopic (exact) mass is 283 g/mol. The highest BCUT2D eigenvalue weighted by atomic mass is 16.4. The molecule has 8 nitrogen and oxygen atoms in total. The Morgan fingerprint density at radius 1 is 1.14 bits per heavy atom. The molecular weight excluding hydrogens is 274 g/mol. The number of benzene rings is 1. The van der Waals surface area contributed by atoms with Crippen LogP contribution in [0.1, 0.15) is 21.1 Å². The molecule has 2 aromatic heterocycles. The number of amides is 1. The Bertz CT molecular complexity index is 871. The summed E-state index contributed by atoms with van der Waals surface area (Å²) in [5, 5.41) is 13.7. The first-order valence-electron chi connectivity index (χ1n) is 5.92. The van der Waals surface area contributed by atoms with Gasteiger partial charge in [0.2, 0.25) is 5.82 Å². The van der Waals surface area contributed by atoms with Gasteiger partial charge in [-0.15, -0.1) is 0 Å². The molecule has 3 N–H and O–H groups in total. The average molecular weight is 283 g/mol. The first-order chi connectivity index (χ1) is 10.1. The number of rotatable bonds is 3. The van der Waals surface area contributed by atoms with Crippen LogP contribution in [0.2, 0.25) is 0 Å². The topological polar surface area (TPSA) is 124 Å². The second-order valence-corrected chi connectivity index (χ2v) is 4.20. The number of carboxylic acids is 1. The van der Waals surface area contributed by atoms with Gasteiger partial charge in [0.25, 0.3) is 5.91 Å². The lowest BCUT2D eigenvalue weighted by molar-refractivity contribution is 0.0683. The lowest BCUT2D eigenvalue weighted by atomic mass is 10.2. The number of hydrogen-bond donors (Lipinski definition) is 2. The number of para-hydroxylation sites is 1. The zero-order valence-electron chi connectivity index (χ0n) is 10.6. The molecule has 0 saturated heterocycles. The number of carbonyl (C=O) groups excluding carboxylic acids is 1. The highest BCUT2D eigenvalue weighted by molar-refractivity contribution is 5.92. The van der Waals surface area contributed by atoms with Crippen LogP contribution in [0, 0.1) is 0 Å². The van der Waals surface area contributed by atoms with Gasteiger partial charge >= 0.3 is 5.97 Å². The van der Waals surface area contributed by atoms with Gasteiger partial charge in [-0.2, -0.15) is 5.10 Å². The molecule has 2 heterocycles. The van der Waals surface area contributed by atoms with Crippen molar-refractivity contribution in [2.75, 3.05) is 0 Å². The molecule has 3 rings (SSSR count). The Morgan fingerprint density at radius 3 is 2.57 bits per heavy atom. The van der Waals surface area contributed by atoms with Crippen LogP contribution in [0.4, 0.5) is 0 Å². The van der Waals surface area contributed by atoms with Crippen molar-refractivity contribution >= 4 is 22.8 Å². The maximum absolute atomic E-state index is 11.1. The quantitative estimate of drug-likeness (QED) is 0.725. The summed E-state index contributed by atoms with van der Waals surface area (Å²) in [6, 6.07) is 8.35. The van der Waals surface area contributed by atoms with Crippen LogP contribution in [0.25, 0.3) is 16.7 Å². The molecule has 0 aliphatic rings. The normalized spacial score (nSPS) is 10.7.